The Morgan fingerprint density at radius 2 is 1.85 bits per heavy atom. The first-order chi connectivity index (χ1) is 9.29. The Morgan fingerprint density at radius 1 is 1.15 bits per heavy atom. The van der Waals surface area contributed by atoms with Crippen molar-refractivity contribution in [2.75, 3.05) is 10.5 Å². The maximum Gasteiger partial charge on any atom is 0.262 e. The second kappa shape index (κ2) is 5.37. The molecule has 0 spiro atoms. The van der Waals surface area contributed by atoms with Crippen LogP contribution in [0.1, 0.15) is 0 Å². The van der Waals surface area contributed by atoms with Crippen molar-refractivity contribution >= 4 is 37.3 Å². The van der Waals surface area contributed by atoms with Crippen molar-refractivity contribution in [1.29, 1.82) is 0 Å². The zero-order valence-electron chi connectivity index (χ0n) is 9.90. The maximum atomic E-state index is 13.6. The number of rotatable bonds is 3. The number of halogens is 3. The maximum absolute atomic E-state index is 13.6. The van der Waals surface area contributed by atoms with Crippen LogP contribution < -0.4 is 10.5 Å². The van der Waals surface area contributed by atoms with Gasteiger partial charge in [0, 0.05) is 10.5 Å². The minimum atomic E-state index is -4.02. The van der Waals surface area contributed by atoms with E-state index < -0.39 is 27.3 Å². The lowest BCUT2D eigenvalue weighted by atomic mass is 10.2. The highest BCUT2D eigenvalue weighted by Crippen LogP contribution is 2.27. The first kappa shape index (κ1) is 14.7. The van der Waals surface area contributed by atoms with E-state index in [4.69, 9.17) is 5.73 Å². The Hall–Kier alpha value is -1.67. The topological polar surface area (TPSA) is 72.2 Å². The smallest absolute Gasteiger partial charge is 0.262 e. The van der Waals surface area contributed by atoms with Gasteiger partial charge >= 0.3 is 0 Å². The van der Waals surface area contributed by atoms with Gasteiger partial charge in [0.2, 0.25) is 0 Å². The first-order valence-corrected chi connectivity index (χ1v) is 7.60. The summed E-state index contributed by atoms with van der Waals surface area (Å²) in [6, 6.07) is 7.23. The number of benzene rings is 2. The van der Waals surface area contributed by atoms with Gasteiger partial charge < -0.3 is 5.73 Å². The van der Waals surface area contributed by atoms with Gasteiger partial charge in [-0.15, -0.1) is 0 Å². The van der Waals surface area contributed by atoms with Crippen LogP contribution in [0, 0.1) is 11.6 Å². The van der Waals surface area contributed by atoms with Crippen LogP contribution in [0.15, 0.2) is 45.8 Å². The first-order valence-electron chi connectivity index (χ1n) is 5.32. The number of hydrogen-bond acceptors (Lipinski definition) is 3. The molecule has 0 radical (unpaired) electrons. The average Bonchev–Trinajstić information content (AvgIpc) is 2.34. The van der Waals surface area contributed by atoms with E-state index in [1.54, 1.807) is 6.07 Å². The van der Waals surface area contributed by atoms with Gasteiger partial charge in [-0.2, -0.15) is 0 Å². The summed E-state index contributed by atoms with van der Waals surface area (Å²) in [4.78, 5) is -0.0741. The SMILES string of the molecule is Nc1cc(F)cc(F)c1NS(=O)(=O)c1cccc(Br)c1. The molecular weight excluding hydrogens is 354 g/mol. The van der Waals surface area contributed by atoms with E-state index >= 15 is 0 Å². The van der Waals surface area contributed by atoms with Crippen molar-refractivity contribution in [2.45, 2.75) is 4.90 Å². The predicted octanol–water partition coefficient (Wildman–Crippen LogP) is 3.11. The Kier molecular flexibility index (Phi) is 3.96. The van der Waals surface area contributed by atoms with Crippen LogP contribution in [-0.2, 0) is 10.0 Å². The molecule has 0 bridgehead atoms. The van der Waals surface area contributed by atoms with E-state index in [2.05, 4.69) is 15.9 Å². The summed E-state index contributed by atoms with van der Waals surface area (Å²) in [5.41, 5.74) is 4.61. The van der Waals surface area contributed by atoms with Crippen LogP contribution in [-0.4, -0.2) is 8.42 Å². The predicted molar refractivity (Wildman–Crippen MR) is 75.7 cm³/mol. The van der Waals surface area contributed by atoms with Crippen LogP contribution in [0.4, 0.5) is 20.2 Å². The Labute approximate surface area is 122 Å². The number of nitrogen functional groups attached to an aromatic ring is 1. The van der Waals surface area contributed by atoms with Crippen molar-refractivity contribution in [3.8, 4) is 0 Å². The number of nitrogens with one attached hydrogen (secondary N) is 1. The van der Waals surface area contributed by atoms with E-state index in [1.165, 1.54) is 18.2 Å². The zero-order chi connectivity index (χ0) is 14.9. The molecule has 0 fully saturated rings. The van der Waals surface area contributed by atoms with Gasteiger partial charge in [-0.1, -0.05) is 22.0 Å². The summed E-state index contributed by atoms with van der Waals surface area (Å²) in [5.74, 6) is -1.97. The molecule has 0 saturated heterocycles. The van der Waals surface area contributed by atoms with Crippen molar-refractivity contribution in [3.63, 3.8) is 0 Å². The number of nitrogens with two attached hydrogens (primary N) is 1. The fourth-order valence-corrected chi connectivity index (χ4v) is 3.22. The minimum absolute atomic E-state index is 0.0741. The summed E-state index contributed by atoms with van der Waals surface area (Å²) < 4.78 is 53.2. The second-order valence-corrected chi connectivity index (χ2v) is 6.51. The normalized spacial score (nSPS) is 11.3. The van der Waals surface area contributed by atoms with Crippen LogP contribution >= 0.6 is 15.9 Å². The molecule has 2 aromatic rings. The Balaban J connectivity index is 2.44. The molecule has 8 heteroatoms. The summed E-state index contributed by atoms with van der Waals surface area (Å²) in [7, 11) is -4.02. The van der Waals surface area contributed by atoms with Crippen molar-refractivity contribution in [2.24, 2.45) is 0 Å². The molecule has 0 saturated carbocycles. The van der Waals surface area contributed by atoms with Crippen LogP contribution in [0.3, 0.4) is 0 Å². The van der Waals surface area contributed by atoms with Crippen LogP contribution in [0.25, 0.3) is 0 Å². The highest BCUT2D eigenvalue weighted by atomic mass is 79.9. The third-order valence-corrected chi connectivity index (χ3v) is 4.27. The minimum Gasteiger partial charge on any atom is -0.397 e. The zero-order valence-corrected chi connectivity index (χ0v) is 12.3. The molecule has 0 atom stereocenters. The third-order valence-electron chi connectivity index (χ3n) is 2.43. The van der Waals surface area contributed by atoms with Crippen LogP contribution in [0.2, 0.25) is 0 Å². The lowest BCUT2D eigenvalue weighted by Gasteiger charge is -2.11. The molecule has 0 amide bonds. The lowest BCUT2D eigenvalue weighted by molar-refractivity contribution is 0.583. The van der Waals surface area contributed by atoms with Crippen molar-refractivity contribution < 1.29 is 17.2 Å². The summed E-state index contributed by atoms with van der Waals surface area (Å²) in [6.45, 7) is 0. The van der Waals surface area contributed by atoms with Gasteiger partial charge in [0.1, 0.15) is 11.5 Å². The molecule has 3 N–H and O–H groups in total. The molecule has 0 aliphatic heterocycles. The number of sulfonamides is 1. The quantitative estimate of drug-likeness (QED) is 0.824. The molecule has 20 heavy (non-hydrogen) atoms. The summed E-state index contributed by atoms with van der Waals surface area (Å²) in [5, 5.41) is 0. The van der Waals surface area contributed by atoms with Crippen molar-refractivity contribution in [3.05, 3.63) is 52.5 Å². The van der Waals surface area contributed by atoms with Crippen molar-refractivity contribution in [1.82, 2.24) is 0 Å². The molecule has 2 aromatic carbocycles. The highest BCUT2D eigenvalue weighted by Gasteiger charge is 2.19. The largest absolute Gasteiger partial charge is 0.397 e. The standard InChI is InChI=1S/C12H9BrF2N2O2S/c13-7-2-1-3-9(4-7)20(18,19)17-12-10(15)5-8(14)6-11(12)16/h1-6,17H,16H2. The Morgan fingerprint density at radius 3 is 2.45 bits per heavy atom. The van der Waals surface area contributed by atoms with E-state index in [1.807, 2.05) is 4.72 Å². The fourth-order valence-electron chi connectivity index (χ4n) is 1.53. The Bertz CT molecular complexity index is 743. The molecule has 2 rings (SSSR count). The van der Waals surface area contributed by atoms with E-state index in [0.717, 1.165) is 6.07 Å². The molecule has 106 valence electrons. The molecule has 0 aliphatic carbocycles. The van der Waals surface area contributed by atoms with E-state index in [9.17, 15) is 17.2 Å². The summed E-state index contributed by atoms with van der Waals surface area (Å²) >= 11 is 3.14. The molecule has 4 nitrogen and oxygen atoms in total. The lowest BCUT2D eigenvalue weighted by Crippen LogP contribution is -2.15. The number of anilines is 2. The highest BCUT2D eigenvalue weighted by molar-refractivity contribution is 9.10. The molecule has 0 heterocycles. The van der Waals surface area contributed by atoms with Gasteiger partial charge in [-0.3, -0.25) is 4.72 Å². The third kappa shape index (κ3) is 3.07. The van der Waals surface area contributed by atoms with E-state index in [0.29, 0.717) is 10.5 Å². The molecule has 0 aromatic heterocycles. The van der Waals surface area contributed by atoms with E-state index in [-0.39, 0.29) is 10.6 Å². The monoisotopic (exact) mass is 362 g/mol. The van der Waals surface area contributed by atoms with Gasteiger partial charge in [-0.05, 0) is 24.3 Å². The summed E-state index contributed by atoms with van der Waals surface area (Å²) in [6.07, 6.45) is 0. The van der Waals surface area contributed by atoms with Gasteiger partial charge in [0.15, 0.2) is 5.82 Å². The molecular formula is C12H9BrF2N2O2S. The molecule has 0 aliphatic rings. The average molecular weight is 363 g/mol. The van der Waals surface area contributed by atoms with Gasteiger partial charge in [0.25, 0.3) is 10.0 Å². The van der Waals surface area contributed by atoms with Gasteiger partial charge in [-0.25, -0.2) is 17.2 Å². The van der Waals surface area contributed by atoms with Crippen LogP contribution in [0.5, 0.6) is 0 Å². The fraction of sp³-hybridized carbons (Fsp3) is 0. The second-order valence-electron chi connectivity index (χ2n) is 3.91. The number of hydrogen-bond donors (Lipinski definition) is 2. The van der Waals surface area contributed by atoms with Gasteiger partial charge in [0.05, 0.1) is 10.6 Å². The molecule has 0 unspecified atom stereocenters.